The van der Waals surface area contributed by atoms with Crippen LogP contribution in [0.1, 0.15) is 15.9 Å². The molecule has 0 bridgehead atoms. The van der Waals surface area contributed by atoms with Crippen molar-refractivity contribution < 1.29 is 9.53 Å². The Hall–Kier alpha value is -3.14. The molecule has 118 valence electrons. The third kappa shape index (κ3) is 2.33. The molecule has 0 spiro atoms. The third-order valence-electron chi connectivity index (χ3n) is 4.26. The molecule has 4 aromatic rings. The van der Waals surface area contributed by atoms with E-state index >= 15 is 0 Å². The van der Waals surface area contributed by atoms with E-state index in [0.29, 0.717) is 12.1 Å². The van der Waals surface area contributed by atoms with Gasteiger partial charge in [0.1, 0.15) is 0 Å². The summed E-state index contributed by atoms with van der Waals surface area (Å²) in [5.41, 5.74) is 3.82. The molecule has 2 heterocycles. The maximum Gasteiger partial charge on any atom is 0.337 e. The van der Waals surface area contributed by atoms with Gasteiger partial charge in [-0.15, -0.1) is 0 Å². The molecule has 0 fully saturated rings. The van der Waals surface area contributed by atoms with Crippen LogP contribution >= 0.6 is 0 Å². The van der Waals surface area contributed by atoms with E-state index in [4.69, 9.17) is 4.74 Å². The van der Waals surface area contributed by atoms with Gasteiger partial charge in [-0.25, -0.2) is 4.79 Å². The van der Waals surface area contributed by atoms with E-state index in [1.54, 1.807) is 6.20 Å². The minimum absolute atomic E-state index is 0.324. The van der Waals surface area contributed by atoms with Crippen molar-refractivity contribution in [2.24, 2.45) is 0 Å². The van der Waals surface area contributed by atoms with Crippen molar-refractivity contribution in [2.45, 2.75) is 6.54 Å². The van der Waals surface area contributed by atoms with E-state index in [0.717, 1.165) is 22.0 Å². The number of nitrogens with zero attached hydrogens (tertiary/aromatic N) is 2. The highest BCUT2D eigenvalue weighted by Gasteiger charge is 2.14. The number of methoxy groups -OCH3 is 1. The molecule has 2 aromatic carbocycles. The van der Waals surface area contributed by atoms with E-state index < -0.39 is 0 Å². The molecule has 0 aliphatic carbocycles. The van der Waals surface area contributed by atoms with Gasteiger partial charge in [0.15, 0.2) is 0 Å². The van der Waals surface area contributed by atoms with Crippen LogP contribution in [0.5, 0.6) is 0 Å². The van der Waals surface area contributed by atoms with Crippen molar-refractivity contribution in [3.63, 3.8) is 0 Å². The van der Waals surface area contributed by atoms with Gasteiger partial charge in [-0.1, -0.05) is 30.3 Å². The summed E-state index contributed by atoms with van der Waals surface area (Å²) in [6.07, 6.45) is 3.63. The summed E-state index contributed by atoms with van der Waals surface area (Å²) in [6.45, 7) is 0.697. The largest absolute Gasteiger partial charge is 0.465 e. The molecule has 4 nitrogen and oxygen atoms in total. The number of esters is 1. The molecule has 0 atom stereocenters. The number of benzene rings is 2. The zero-order valence-electron chi connectivity index (χ0n) is 13.3. The molecule has 0 aliphatic rings. The Labute approximate surface area is 139 Å². The predicted molar refractivity (Wildman–Crippen MR) is 94.1 cm³/mol. The van der Waals surface area contributed by atoms with Crippen LogP contribution in [0, 0.1) is 0 Å². The normalized spacial score (nSPS) is 11.0. The number of hydrogen-bond acceptors (Lipinski definition) is 3. The highest BCUT2D eigenvalue weighted by Crippen LogP contribution is 2.30. The first kappa shape index (κ1) is 14.5. The van der Waals surface area contributed by atoms with Crippen molar-refractivity contribution >= 4 is 27.8 Å². The third-order valence-corrected chi connectivity index (χ3v) is 4.26. The number of para-hydroxylation sites is 1. The van der Waals surface area contributed by atoms with Gasteiger partial charge in [-0.05, 0) is 29.8 Å². The zero-order chi connectivity index (χ0) is 16.5. The fourth-order valence-electron chi connectivity index (χ4n) is 3.14. The lowest BCUT2D eigenvalue weighted by Crippen LogP contribution is -2.03. The Morgan fingerprint density at radius 1 is 1.04 bits per heavy atom. The second-order valence-corrected chi connectivity index (χ2v) is 5.69. The first-order valence-electron chi connectivity index (χ1n) is 7.76. The summed E-state index contributed by atoms with van der Waals surface area (Å²) >= 11 is 0. The number of pyridine rings is 1. The molecule has 0 saturated heterocycles. The summed E-state index contributed by atoms with van der Waals surface area (Å²) in [5, 5.41) is 2.30. The lowest BCUT2D eigenvalue weighted by atomic mass is 10.1. The first-order chi connectivity index (χ1) is 11.8. The Balaban J connectivity index is 1.98. The number of rotatable bonds is 3. The molecule has 2 aromatic heterocycles. The molecule has 0 unspecified atom stereocenters. The van der Waals surface area contributed by atoms with Gasteiger partial charge in [0.05, 0.1) is 18.2 Å². The van der Waals surface area contributed by atoms with Crippen molar-refractivity contribution in [2.75, 3.05) is 7.11 Å². The Kier molecular flexibility index (Phi) is 3.50. The van der Waals surface area contributed by atoms with E-state index in [1.807, 2.05) is 42.6 Å². The standard InChI is InChI=1S/C20H16N2O2/c1-24-20(23)15-8-9-17-16-6-2-3-7-18(16)22(19(17)11-15)13-14-5-4-10-21-12-14/h2-12H,13H2,1H3. The molecule has 4 heteroatoms. The fourth-order valence-corrected chi connectivity index (χ4v) is 3.14. The zero-order valence-corrected chi connectivity index (χ0v) is 13.3. The van der Waals surface area contributed by atoms with E-state index in [2.05, 4.69) is 27.8 Å². The van der Waals surface area contributed by atoms with Gasteiger partial charge in [-0.2, -0.15) is 0 Å². The number of fused-ring (bicyclic) bond motifs is 3. The highest BCUT2D eigenvalue weighted by molar-refractivity contribution is 6.09. The van der Waals surface area contributed by atoms with Gasteiger partial charge in [-0.3, -0.25) is 4.98 Å². The van der Waals surface area contributed by atoms with Crippen LogP contribution < -0.4 is 0 Å². The topological polar surface area (TPSA) is 44.1 Å². The summed E-state index contributed by atoms with van der Waals surface area (Å²) < 4.78 is 7.08. The predicted octanol–water partition coefficient (Wildman–Crippen LogP) is 4.02. The second-order valence-electron chi connectivity index (χ2n) is 5.69. The molecule has 0 radical (unpaired) electrons. The number of carbonyl (C=O) groups excluding carboxylic acids is 1. The smallest absolute Gasteiger partial charge is 0.337 e. The highest BCUT2D eigenvalue weighted by atomic mass is 16.5. The average molecular weight is 316 g/mol. The Bertz CT molecular complexity index is 1040. The van der Waals surface area contributed by atoms with Crippen LogP contribution in [0.25, 0.3) is 21.8 Å². The lowest BCUT2D eigenvalue weighted by Gasteiger charge is -2.08. The van der Waals surface area contributed by atoms with Crippen molar-refractivity contribution in [1.82, 2.24) is 9.55 Å². The summed E-state index contributed by atoms with van der Waals surface area (Å²) in [6, 6.07) is 18.0. The molecule has 0 aliphatic heterocycles. The second kappa shape index (κ2) is 5.81. The SMILES string of the molecule is COC(=O)c1ccc2c3ccccc3n(Cc3cccnc3)c2c1. The first-order valence-corrected chi connectivity index (χ1v) is 7.76. The van der Waals surface area contributed by atoms with E-state index in [1.165, 1.54) is 12.5 Å². The summed E-state index contributed by atoms with van der Waals surface area (Å²) in [5.74, 6) is -0.324. The van der Waals surface area contributed by atoms with Crippen LogP contribution in [-0.4, -0.2) is 22.6 Å². The van der Waals surface area contributed by atoms with Gasteiger partial charge in [0, 0.05) is 35.2 Å². The molecule has 0 amide bonds. The van der Waals surface area contributed by atoms with E-state index in [9.17, 15) is 4.79 Å². The molecule has 4 rings (SSSR count). The van der Waals surface area contributed by atoms with Crippen molar-refractivity contribution in [3.05, 3.63) is 78.1 Å². The summed E-state index contributed by atoms with van der Waals surface area (Å²) in [4.78, 5) is 16.1. The van der Waals surface area contributed by atoms with Crippen LogP contribution in [-0.2, 0) is 11.3 Å². The number of aromatic nitrogens is 2. The fraction of sp³-hybridized carbons (Fsp3) is 0.100. The lowest BCUT2D eigenvalue weighted by molar-refractivity contribution is 0.0601. The minimum atomic E-state index is -0.324. The van der Waals surface area contributed by atoms with Crippen LogP contribution in [0.2, 0.25) is 0 Å². The number of hydrogen-bond donors (Lipinski definition) is 0. The van der Waals surface area contributed by atoms with Crippen LogP contribution in [0.4, 0.5) is 0 Å². The van der Waals surface area contributed by atoms with Crippen molar-refractivity contribution in [3.8, 4) is 0 Å². The number of carbonyl (C=O) groups is 1. The molecular weight excluding hydrogens is 300 g/mol. The minimum Gasteiger partial charge on any atom is -0.465 e. The maximum absolute atomic E-state index is 11.9. The van der Waals surface area contributed by atoms with Crippen LogP contribution in [0.15, 0.2) is 67.0 Å². The van der Waals surface area contributed by atoms with E-state index in [-0.39, 0.29) is 5.97 Å². The van der Waals surface area contributed by atoms with Crippen LogP contribution in [0.3, 0.4) is 0 Å². The molecule has 24 heavy (non-hydrogen) atoms. The number of ether oxygens (including phenoxy) is 1. The van der Waals surface area contributed by atoms with Crippen molar-refractivity contribution in [1.29, 1.82) is 0 Å². The van der Waals surface area contributed by atoms with Gasteiger partial charge in [0.25, 0.3) is 0 Å². The monoisotopic (exact) mass is 316 g/mol. The Morgan fingerprint density at radius 3 is 2.67 bits per heavy atom. The quantitative estimate of drug-likeness (QED) is 0.536. The van der Waals surface area contributed by atoms with Gasteiger partial charge >= 0.3 is 5.97 Å². The van der Waals surface area contributed by atoms with Gasteiger partial charge in [0.2, 0.25) is 0 Å². The Morgan fingerprint density at radius 2 is 1.88 bits per heavy atom. The molecular formula is C20H16N2O2. The molecule has 0 N–H and O–H groups in total. The van der Waals surface area contributed by atoms with Gasteiger partial charge < -0.3 is 9.30 Å². The average Bonchev–Trinajstić information content (AvgIpc) is 2.95. The molecule has 0 saturated carbocycles. The summed E-state index contributed by atoms with van der Waals surface area (Å²) in [7, 11) is 1.40. The maximum atomic E-state index is 11.9.